The third-order valence-corrected chi connectivity index (χ3v) is 4.41. The summed E-state index contributed by atoms with van der Waals surface area (Å²) in [5.74, 6) is -2.44. The molecule has 2 aromatic heterocycles. The van der Waals surface area contributed by atoms with Gasteiger partial charge in [-0.25, -0.2) is 9.50 Å². The molecule has 0 aliphatic carbocycles. The lowest BCUT2D eigenvalue weighted by molar-refractivity contribution is 0.252. The summed E-state index contributed by atoms with van der Waals surface area (Å²) < 4.78 is 26.9. The minimum Gasteiger partial charge on any atom is -0.231 e. The molecule has 0 saturated carbocycles. The second kappa shape index (κ2) is 5.05. The molecule has 0 aliphatic heterocycles. The van der Waals surface area contributed by atoms with Crippen LogP contribution in [0.25, 0.3) is 5.52 Å². The first-order chi connectivity index (χ1) is 7.63. The molecular formula is C8H6F2IN3S2. The normalized spacial score (nSPS) is 11.6. The van der Waals surface area contributed by atoms with Gasteiger partial charge >= 0.3 is 0 Å². The molecule has 0 amide bonds. The fraction of sp³-hybridized carbons (Fsp3) is 0.250. The molecule has 0 unspecified atom stereocenters. The van der Waals surface area contributed by atoms with Gasteiger partial charge in [0.1, 0.15) is 3.70 Å². The Balaban J connectivity index is 2.61. The standard InChI is InChI=1S/C8H6F2IN3S2/c1-15-8-12-3-2-4-5(16-7(9)10)6(11)13-14(4)8/h2-3,7H,1H3. The molecule has 0 spiro atoms. The molecule has 0 bridgehead atoms. The van der Waals surface area contributed by atoms with E-state index < -0.39 is 5.76 Å². The van der Waals surface area contributed by atoms with Crippen LogP contribution in [0.15, 0.2) is 22.3 Å². The number of halogens is 3. The van der Waals surface area contributed by atoms with E-state index >= 15 is 0 Å². The summed E-state index contributed by atoms with van der Waals surface area (Å²) >= 11 is 3.90. The van der Waals surface area contributed by atoms with Crippen LogP contribution < -0.4 is 0 Å². The highest BCUT2D eigenvalue weighted by atomic mass is 127. The number of hydrogen-bond donors (Lipinski definition) is 0. The van der Waals surface area contributed by atoms with Gasteiger partial charge in [-0.2, -0.15) is 13.9 Å². The van der Waals surface area contributed by atoms with E-state index in [1.54, 1.807) is 16.8 Å². The number of rotatable bonds is 3. The third kappa shape index (κ3) is 2.28. The maximum Gasteiger partial charge on any atom is 0.289 e. The first-order valence-corrected chi connectivity index (χ1v) is 7.34. The third-order valence-electron chi connectivity index (χ3n) is 1.82. The Labute approximate surface area is 113 Å². The quantitative estimate of drug-likeness (QED) is 0.469. The van der Waals surface area contributed by atoms with Crippen LogP contribution in [0, 0.1) is 3.70 Å². The van der Waals surface area contributed by atoms with Crippen molar-refractivity contribution in [3.63, 3.8) is 0 Å². The fourth-order valence-electron chi connectivity index (χ4n) is 1.24. The summed E-state index contributed by atoms with van der Waals surface area (Å²) in [6.07, 6.45) is 3.48. The lowest BCUT2D eigenvalue weighted by atomic mass is 10.5. The van der Waals surface area contributed by atoms with Gasteiger partial charge in [-0.05, 0) is 34.9 Å². The molecule has 2 aromatic rings. The minimum absolute atomic E-state index is 0.508. The molecule has 86 valence electrons. The lowest BCUT2D eigenvalue weighted by Crippen LogP contribution is -1.94. The van der Waals surface area contributed by atoms with E-state index in [9.17, 15) is 8.78 Å². The van der Waals surface area contributed by atoms with Crippen molar-refractivity contribution in [1.82, 2.24) is 14.6 Å². The first-order valence-electron chi connectivity index (χ1n) is 4.15. The molecule has 0 aliphatic rings. The molecule has 0 fully saturated rings. The second-order valence-electron chi connectivity index (χ2n) is 2.73. The van der Waals surface area contributed by atoms with Crippen molar-refractivity contribution >= 4 is 51.6 Å². The Kier molecular flexibility index (Phi) is 3.90. The largest absolute Gasteiger partial charge is 0.289 e. The van der Waals surface area contributed by atoms with Crippen LogP contribution in [0.2, 0.25) is 0 Å². The van der Waals surface area contributed by atoms with Crippen LogP contribution >= 0.6 is 46.1 Å². The topological polar surface area (TPSA) is 30.2 Å². The van der Waals surface area contributed by atoms with Gasteiger partial charge in [-0.1, -0.05) is 23.5 Å². The van der Waals surface area contributed by atoms with Crippen molar-refractivity contribution in [2.45, 2.75) is 15.8 Å². The van der Waals surface area contributed by atoms with Crippen molar-refractivity contribution in [1.29, 1.82) is 0 Å². The van der Waals surface area contributed by atoms with E-state index in [0.29, 0.717) is 31.0 Å². The zero-order valence-corrected chi connectivity index (χ0v) is 11.8. The highest BCUT2D eigenvalue weighted by Crippen LogP contribution is 2.33. The average molecular weight is 373 g/mol. The Morgan fingerprint density at radius 2 is 2.25 bits per heavy atom. The molecule has 0 atom stereocenters. The SMILES string of the molecule is CSc1nccc2c(SC(F)F)c(I)nn12. The van der Waals surface area contributed by atoms with E-state index in [0.717, 1.165) is 0 Å². The number of thioether (sulfide) groups is 2. The second-order valence-corrected chi connectivity index (χ2v) is 5.52. The van der Waals surface area contributed by atoms with Gasteiger partial charge in [0.15, 0.2) is 5.16 Å². The molecule has 3 nitrogen and oxygen atoms in total. The van der Waals surface area contributed by atoms with E-state index in [-0.39, 0.29) is 0 Å². The van der Waals surface area contributed by atoms with Gasteiger partial charge in [0.2, 0.25) is 0 Å². The minimum atomic E-state index is -2.44. The molecule has 0 radical (unpaired) electrons. The first kappa shape index (κ1) is 12.4. The lowest BCUT2D eigenvalue weighted by Gasteiger charge is -2.00. The van der Waals surface area contributed by atoms with Gasteiger partial charge in [-0.15, -0.1) is 0 Å². The Morgan fingerprint density at radius 1 is 1.50 bits per heavy atom. The van der Waals surface area contributed by atoms with E-state index in [4.69, 9.17) is 0 Å². The van der Waals surface area contributed by atoms with E-state index in [1.165, 1.54) is 11.8 Å². The number of alkyl halides is 2. The molecule has 2 rings (SSSR count). The summed E-state index contributed by atoms with van der Waals surface area (Å²) in [4.78, 5) is 4.63. The van der Waals surface area contributed by atoms with E-state index in [2.05, 4.69) is 10.1 Å². The van der Waals surface area contributed by atoms with Gasteiger partial charge in [0, 0.05) is 6.20 Å². The van der Waals surface area contributed by atoms with Crippen LogP contribution in [-0.2, 0) is 0 Å². The summed E-state index contributed by atoms with van der Waals surface area (Å²) in [7, 11) is 0. The highest BCUT2D eigenvalue weighted by molar-refractivity contribution is 14.1. The summed E-state index contributed by atoms with van der Waals surface area (Å²) in [5, 5.41) is 4.89. The Hall–Kier alpha value is -0.0900. The molecule has 2 heterocycles. The molecular weight excluding hydrogens is 367 g/mol. The Morgan fingerprint density at radius 3 is 2.88 bits per heavy atom. The predicted molar refractivity (Wildman–Crippen MR) is 69.3 cm³/mol. The van der Waals surface area contributed by atoms with Crippen molar-refractivity contribution in [3.05, 3.63) is 16.0 Å². The number of hydrogen-bond acceptors (Lipinski definition) is 4. The van der Waals surface area contributed by atoms with Crippen molar-refractivity contribution in [2.24, 2.45) is 0 Å². The highest BCUT2D eigenvalue weighted by Gasteiger charge is 2.17. The smallest absolute Gasteiger partial charge is 0.231 e. The summed E-state index contributed by atoms with van der Waals surface area (Å²) in [6.45, 7) is 0. The molecule has 0 saturated heterocycles. The van der Waals surface area contributed by atoms with Crippen molar-refractivity contribution in [3.8, 4) is 0 Å². The van der Waals surface area contributed by atoms with Gasteiger partial charge in [-0.3, -0.25) is 0 Å². The number of fused-ring (bicyclic) bond motifs is 1. The Bertz CT molecular complexity index is 517. The maximum atomic E-state index is 12.4. The van der Waals surface area contributed by atoms with Crippen LogP contribution in [0.5, 0.6) is 0 Å². The predicted octanol–water partition coefficient (Wildman–Crippen LogP) is 3.37. The summed E-state index contributed by atoms with van der Waals surface area (Å²) in [6, 6.07) is 1.69. The number of aromatic nitrogens is 3. The van der Waals surface area contributed by atoms with Crippen LogP contribution in [0.1, 0.15) is 0 Å². The van der Waals surface area contributed by atoms with Crippen molar-refractivity contribution < 1.29 is 8.78 Å². The van der Waals surface area contributed by atoms with Crippen LogP contribution in [-0.4, -0.2) is 26.6 Å². The summed E-state index contributed by atoms with van der Waals surface area (Å²) in [5.41, 5.74) is 0.675. The van der Waals surface area contributed by atoms with Crippen LogP contribution in [0.3, 0.4) is 0 Å². The molecule has 16 heavy (non-hydrogen) atoms. The van der Waals surface area contributed by atoms with Crippen LogP contribution in [0.4, 0.5) is 8.78 Å². The van der Waals surface area contributed by atoms with Gasteiger partial charge in [0.05, 0.1) is 10.4 Å². The number of nitrogens with zero attached hydrogens (tertiary/aromatic N) is 3. The fourth-order valence-corrected chi connectivity index (χ4v) is 3.19. The molecule has 0 aromatic carbocycles. The van der Waals surface area contributed by atoms with E-state index in [1.807, 2.05) is 28.8 Å². The molecule has 8 heteroatoms. The monoisotopic (exact) mass is 373 g/mol. The molecule has 0 N–H and O–H groups in total. The zero-order chi connectivity index (χ0) is 11.7. The van der Waals surface area contributed by atoms with Gasteiger partial charge in [0.25, 0.3) is 5.76 Å². The maximum absolute atomic E-state index is 12.4. The zero-order valence-electron chi connectivity index (χ0n) is 8.02. The van der Waals surface area contributed by atoms with Crippen molar-refractivity contribution in [2.75, 3.05) is 6.26 Å². The van der Waals surface area contributed by atoms with Gasteiger partial charge < -0.3 is 0 Å². The average Bonchev–Trinajstić information content (AvgIpc) is 2.55.